The summed E-state index contributed by atoms with van der Waals surface area (Å²) >= 11 is 0. The molecule has 5 nitrogen and oxygen atoms in total. The summed E-state index contributed by atoms with van der Waals surface area (Å²) in [6.45, 7) is 9.33. The number of anilines is 2. The van der Waals surface area contributed by atoms with Crippen molar-refractivity contribution in [2.75, 3.05) is 30.8 Å². The van der Waals surface area contributed by atoms with Gasteiger partial charge in [-0.25, -0.2) is 4.98 Å². The molecule has 1 saturated heterocycles. The minimum Gasteiger partial charge on any atom is -0.383 e. The van der Waals surface area contributed by atoms with Gasteiger partial charge in [-0.2, -0.15) is 4.98 Å². The molecule has 0 saturated carbocycles. The van der Waals surface area contributed by atoms with E-state index in [1.54, 1.807) is 0 Å². The summed E-state index contributed by atoms with van der Waals surface area (Å²) in [5.41, 5.74) is 10.7. The molecule has 134 valence electrons. The van der Waals surface area contributed by atoms with Crippen LogP contribution in [0.5, 0.6) is 0 Å². The van der Waals surface area contributed by atoms with Crippen molar-refractivity contribution in [1.82, 2.24) is 14.9 Å². The van der Waals surface area contributed by atoms with Gasteiger partial charge in [-0.15, -0.1) is 0 Å². The smallest absolute Gasteiger partial charge is 0.227 e. The number of aryl methyl sites for hydroxylation is 2. The van der Waals surface area contributed by atoms with Crippen LogP contribution < -0.4 is 10.6 Å². The van der Waals surface area contributed by atoms with Crippen LogP contribution in [0, 0.1) is 20.8 Å². The number of likely N-dealkylation sites (tertiary alicyclic amines) is 1. The Kier molecular flexibility index (Phi) is 5.23. The molecular weight excluding hydrogens is 310 g/mol. The van der Waals surface area contributed by atoms with E-state index in [1.807, 2.05) is 13.8 Å². The van der Waals surface area contributed by atoms with E-state index in [-0.39, 0.29) is 0 Å². The third-order valence-electron chi connectivity index (χ3n) is 5.36. The van der Waals surface area contributed by atoms with Crippen LogP contribution in [-0.2, 0) is 6.54 Å². The van der Waals surface area contributed by atoms with Crippen LogP contribution in [-0.4, -0.2) is 41.0 Å². The summed E-state index contributed by atoms with van der Waals surface area (Å²) in [4.78, 5) is 13.8. The van der Waals surface area contributed by atoms with Gasteiger partial charge in [0.1, 0.15) is 5.82 Å². The average Bonchev–Trinajstić information content (AvgIpc) is 2.61. The zero-order valence-corrected chi connectivity index (χ0v) is 15.8. The second kappa shape index (κ2) is 7.40. The number of nitrogen functional groups attached to an aromatic ring is 1. The first-order valence-corrected chi connectivity index (χ1v) is 9.05. The molecule has 0 atom stereocenters. The molecule has 1 aliphatic rings. The molecule has 3 rings (SSSR count). The second-order valence-electron chi connectivity index (χ2n) is 7.22. The first-order valence-electron chi connectivity index (χ1n) is 9.05. The lowest BCUT2D eigenvalue weighted by Crippen LogP contribution is -2.43. The van der Waals surface area contributed by atoms with Gasteiger partial charge in [-0.3, -0.25) is 4.90 Å². The number of benzene rings is 1. The van der Waals surface area contributed by atoms with Crippen LogP contribution in [0.1, 0.15) is 35.2 Å². The van der Waals surface area contributed by atoms with Gasteiger partial charge in [0.15, 0.2) is 0 Å². The fourth-order valence-electron chi connectivity index (χ4n) is 3.37. The van der Waals surface area contributed by atoms with Crippen molar-refractivity contribution in [3.8, 4) is 0 Å². The highest BCUT2D eigenvalue weighted by Crippen LogP contribution is 2.23. The average molecular weight is 339 g/mol. The van der Waals surface area contributed by atoms with Crippen LogP contribution >= 0.6 is 0 Å². The van der Waals surface area contributed by atoms with Crippen LogP contribution in [0.4, 0.5) is 11.8 Å². The van der Waals surface area contributed by atoms with Gasteiger partial charge < -0.3 is 10.6 Å². The number of hydrogen-bond donors (Lipinski definition) is 1. The predicted octanol–water partition coefficient (Wildman–Crippen LogP) is 3.08. The summed E-state index contributed by atoms with van der Waals surface area (Å²) < 4.78 is 0. The number of hydrogen-bond acceptors (Lipinski definition) is 5. The van der Waals surface area contributed by atoms with E-state index in [1.165, 1.54) is 11.1 Å². The Morgan fingerprint density at radius 3 is 2.32 bits per heavy atom. The molecule has 5 heteroatoms. The molecule has 2 heterocycles. The Bertz CT molecular complexity index is 694. The van der Waals surface area contributed by atoms with E-state index < -0.39 is 0 Å². The molecule has 0 bridgehead atoms. The second-order valence-corrected chi connectivity index (χ2v) is 7.22. The topological polar surface area (TPSA) is 58.3 Å². The van der Waals surface area contributed by atoms with Crippen LogP contribution in [0.15, 0.2) is 24.3 Å². The molecule has 0 aliphatic carbocycles. The Hall–Kier alpha value is -2.14. The van der Waals surface area contributed by atoms with Gasteiger partial charge in [0, 0.05) is 44.0 Å². The van der Waals surface area contributed by atoms with Gasteiger partial charge in [-0.05, 0) is 39.2 Å². The quantitative estimate of drug-likeness (QED) is 0.927. The summed E-state index contributed by atoms with van der Waals surface area (Å²) in [6.07, 6.45) is 2.25. The number of nitrogens with zero attached hydrogens (tertiary/aromatic N) is 4. The lowest BCUT2D eigenvalue weighted by Gasteiger charge is -2.37. The molecule has 2 aromatic rings. The van der Waals surface area contributed by atoms with Crippen molar-refractivity contribution in [1.29, 1.82) is 0 Å². The van der Waals surface area contributed by atoms with Crippen molar-refractivity contribution in [2.24, 2.45) is 0 Å². The summed E-state index contributed by atoms with van der Waals surface area (Å²) in [5.74, 6) is 1.34. The molecule has 1 aromatic carbocycles. The summed E-state index contributed by atoms with van der Waals surface area (Å²) in [7, 11) is 2.09. The van der Waals surface area contributed by atoms with Crippen LogP contribution in [0.25, 0.3) is 0 Å². The highest BCUT2D eigenvalue weighted by molar-refractivity contribution is 5.47. The number of aromatic nitrogens is 2. The number of nitrogens with two attached hydrogens (primary N) is 1. The lowest BCUT2D eigenvalue weighted by molar-refractivity contribution is 0.203. The summed E-state index contributed by atoms with van der Waals surface area (Å²) in [6, 6.07) is 9.32. The Labute approximate surface area is 150 Å². The lowest BCUT2D eigenvalue weighted by atomic mass is 10.0. The molecule has 0 radical (unpaired) electrons. The van der Waals surface area contributed by atoms with Crippen molar-refractivity contribution >= 4 is 11.8 Å². The molecule has 2 N–H and O–H groups in total. The normalized spacial score (nSPS) is 16.2. The molecule has 25 heavy (non-hydrogen) atoms. The van der Waals surface area contributed by atoms with Crippen molar-refractivity contribution in [3.05, 3.63) is 46.6 Å². The van der Waals surface area contributed by atoms with E-state index in [0.29, 0.717) is 11.9 Å². The zero-order chi connectivity index (χ0) is 18.0. The Morgan fingerprint density at radius 1 is 1.08 bits per heavy atom. The number of rotatable bonds is 4. The predicted molar refractivity (Wildman–Crippen MR) is 104 cm³/mol. The maximum atomic E-state index is 6.02. The minimum atomic E-state index is 0.468. The summed E-state index contributed by atoms with van der Waals surface area (Å²) in [5, 5.41) is 0. The number of piperidine rings is 1. The van der Waals surface area contributed by atoms with E-state index in [4.69, 9.17) is 5.73 Å². The molecule has 0 unspecified atom stereocenters. The largest absolute Gasteiger partial charge is 0.383 e. The van der Waals surface area contributed by atoms with Crippen LogP contribution in [0.3, 0.4) is 0 Å². The monoisotopic (exact) mass is 339 g/mol. The van der Waals surface area contributed by atoms with Gasteiger partial charge >= 0.3 is 0 Å². The van der Waals surface area contributed by atoms with E-state index in [0.717, 1.165) is 49.7 Å². The Balaban J connectivity index is 1.59. The van der Waals surface area contributed by atoms with Crippen molar-refractivity contribution < 1.29 is 0 Å². The maximum Gasteiger partial charge on any atom is 0.227 e. The highest BCUT2D eigenvalue weighted by Gasteiger charge is 2.24. The minimum absolute atomic E-state index is 0.468. The molecule has 1 aromatic heterocycles. The van der Waals surface area contributed by atoms with Gasteiger partial charge in [0.2, 0.25) is 5.95 Å². The SMILES string of the molecule is Cc1ccc(CN2CCC(N(C)c3nc(C)c(C)c(N)n3)CC2)cc1. The fraction of sp³-hybridized carbons (Fsp3) is 0.500. The Morgan fingerprint density at radius 2 is 1.72 bits per heavy atom. The molecule has 0 spiro atoms. The van der Waals surface area contributed by atoms with E-state index in [9.17, 15) is 0 Å². The van der Waals surface area contributed by atoms with E-state index >= 15 is 0 Å². The third kappa shape index (κ3) is 4.10. The van der Waals surface area contributed by atoms with Crippen molar-refractivity contribution in [3.63, 3.8) is 0 Å². The fourth-order valence-corrected chi connectivity index (χ4v) is 3.37. The molecule has 1 fully saturated rings. The van der Waals surface area contributed by atoms with Crippen molar-refractivity contribution in [2.45, 2.75) is 46.2 Å². The third-order valence-corrected chi connectivity index (χ3v) is 5.36. The molecule has 1 aliphatic heterocycles. The first kappa shape index (κ1) is 17.7. The first-order chi connectivity index (χ1) is 11.9. The van der Waals surface area contributed by atoms with Gasteiger partial charge in [0.25, 0.3) is 0 Å². The van der Waals surface area contributed by atoms with Gasteiger partial charge in [0.05, 0.1) is 0 Å². The van der Waals surface area contributed by atoms with Gasteiger partial charge in [-0.1, -0.05) is 29.8 Å². The van der Waals surface area contributed by atoms with E-state index in [2.05, 4.69) is 58.0 Å². The highest BCUT2D eigenvalue weighted by atomic mass is 15.3. The standard InChI is InChI=1S/C20H29N5/c1-14-5-7-17(8-6-14)13-25-11-9-18(10-12-25)24(4)20-22-16(3)15(2)19(21)23-20/h5-8,18H,9-13H2,1-4H3,(H2,21,22,23). The zero-order valence-electron chi connectivity index (χ0n) is 15.8. The van der Waals surface area contributed by atoms with Crippen LogP contribution in [0.2, 0.25) is 0 Å². The molecular formula is C20H29N5. The molecule has 0 amide bonds. The maximum absolute atomic E-state index is 6.02.